The molecule has 0 radical (unpaired) electrons. The summed E-state index contributed by atoms with van der Waals surface area (Å²) in [6, 6.07) is 11.8. The van der Waals surface area contributed by atoms with Gasteiger partial charge in [0, 0.05) is 60.4 Å². The van der Waals surface area contributed by atoms with Crippen LogP contribution in [0.1, 0.15) is 65.3 Å². The number of anilines is 1. The molecule has 1 aliphatic carbocycles. The Balaban J connectivity index is 1.50. The maximum atomic E-state index is 13.5. The van der Waals surface area contributed by atoms with Gasteiger partial charge in [0.05, 0.1) is 5.56 Å². The van der Waals surface area contributed by atoms with Crippen LogP contribution in [-0.4, -0.2) is 55.0 Å². The quantitative estimate of drug-likeness (QED) is 0.576. The topological polar surface area (TPSA) is 99.5 Å². The van der Waals surface area contributed by atoms with E-state index in [2.05, 4.69) is 24.9 Å². The maximum absolute atomic E-state index is 13.5. The summed E-state index contributed by atoms with van der Waals surface area (Å²) < 4.78 is 27.7. The minimum atomic E-state index is -3.39. The zero-order valence-corrected chi connectivity index (χ0v) is 20.3. The van der Waals surface area contributed by atoms with Gasteiger partial charge in [-0.05, 0) is 42.0 Å². The predicted molar refractivity (Wildman–Crippen MR) is 131 cm³/mol. The van der Waals surface area contributed by atoms with Gasteiger partial charge in [-0.1, -0.05) is 38.1 Å². The van der Waals surface area contributed by atoms with Gasteiger partial charge in [-0.2, -0.15) is 17.0 Å². The summed E-state index contributed by atoms with van der Waals surface area (Å²) >= 11 is 0. The van der Waals surface area contributed by atoms with Crippen molar-refractivity contribution >= 4 is 32.6 Å². The molecule has 0 bridgehead atoms. The molecule has 33 heavy (non-hydrogen) atoms. The van der Waals surface area contributed by atoms with Gasteiger partial charge in [0.15, 0.2) is 5.78 Å². The van der Waals surface area contributed by atoms with E-state index in [1.807, 2.05) is 30.3 Å². The number of benzene rings is 2. The number of ketones is 1. The van der Waals surface area contributed by atoms with E-state index in [9.17, 15) is 13.2 Å². The van der Waals surface area contributed by atoms with Gasteiger partial charge in [-0.15, -0.1) is 0 Å². The van der Waals surface area contributed by atoms with Crippen LogP contribution in [0.4, 0.5) is 5.69 Å². The molecule has 0 spiro atoms. The van der Waals surface area contributed by atoms with Crippen molar-refractivity contribution in [2.75, 3.05) is 32.9 Å². The fraction of sp³-hybridized carbons (Fsp3) is 0.400. The van der Waals surface area contributed by atoms with Gasteiger partial charge >= 0.3 is 0 Å². The van der Waals surface area contributed by atoms with Crippen molar-refractivity contribution in [2.45, 2.75) is 38.0 Å². The number of hydrogen-bond donors (Lipinski definition) is 2. The molecule has 8 heteroatoms. The van der Waals surface area contributed by atoms with E-state index in [0.29, 0.717) is 18.8 Å². The van der Waals surface area contributed by atoms with Crippen LogP contribution in [-0.2, 0) is 15.6 Å². The first-order valence-corrected chi connectivity index (χ1v) is 12.7. The highest BCUT2D eigenvalue weighted by Crippen LogP contribution is 2.45. The molecular weight excluding hydrogens is 436 g/mol. The normalized spacial score (nSPS) is 19.1. The second-order valence-corrected chi connectivity index (χ2v) is 12.0. The Hall–Kier alpha value is -2.68. The molecule has 0 amide bonds. The third kappa shape index (κ3) is 3.31. The number of H-pyrrole nitrogens is 1. The molecule has 0 unspecified atom stereocenters. The average Bonchev–Trinajstić information content (AvgIpc) is 3.17. The van der Waals surface area contributed by atoms with Crippen molar-refractivity contribution in [3.05, 3.63) is 64.3 Å². The lowest BCUT2D eigenvalue weighted by Crippen LogP contribution is -2.44. The van der Waals surface area contributed by atoms with Crippen LogP contribution in [0.2, 0.25) is 0 Å². The fourth-order valence-corrected chi connectivity index (χ4v) is 6.50. The van der Waals surface area contributed by atoms with Gasteiger partial charge in [-0.3, -0.25) is 4.79 Å². The highest BCUT2D eigenvalue weighted by Gasteiger charge is 2.40. The van der Waals surface area contributed by atoms with Crippen molar-refractivity contribution in [2.24, 2.45) is 0 Å². The molecule has 0 saturated carbocycles. The van der Waals surface area contributed by atoms with Gasteiger partial charge in [0.1, 0.15) is 0 Å². The Morgan fingerprint density at radius 1 is 1.09 bits per heavy atom. The van der Waals surface area contributed by atoms with Crippen LogP contribution in [0.3, 0.4) is 0 Å². The molecule has 174 valence electrons. The van der Waals surface area contributed by atoms with Crippen molar-refractivity contribution in [1.29, 1.82) is 0 Å². The standard InChI is InChI=1S/C25H30N4O3S/c1-25(2)20-13-16(15-9-11-29(12-10-15)33(31,32)28(3)4)5-7-18(20)23(30)22-19-8-6-17(26)14-21(19)27-24(22)25/h5-8,13-15,27H,9-12,26H2,1-4H3. The largest absolute Gasteiger partial charge is 0.399 e. The molecule has 1 saturated heterocycles. The monoisotopic (exact) mass is 466 g/mol. The number of rotatable bonds is 3. The molecule has 1 aliphatic heterocycles. The number of nitrogens with one attached hydrogen (secondary N) is 1. The van der Waals surface area contributed by atoms with Gasteiger partial charge < -0.3 is 10.7 Å². The zero-order chi connectivity index (χ0) is 23.7. The summed E-state index contributed by atoms with van der Waals surface area (Å²) in [6.45, 7) is 5.29. The lowest BCUT2D eigenvalue weighted by molar-refractivity contribution is 0.103. The molecule has 7 nitrogen and oxygen atoms in total. The SMILES string of the molecule is CN(C)S(=O)(=O)N1CCC(c2ccc3c(c2)C(C)(C)c2[nH]c4cc(N)ccc4c2C3=O)CC1. The Morgan fingerprint density at radius 3 is 2.45 bits per heavy atom. The molecule has 2 aliphatic rings. The van der Waals surface area contributed by atoms with Crippen LogP contribution >= 0.6 is 0 Å². The lowest BCUT2D eigenvalue weighted by Gasteiger charge is -2.35. The first-order chi connectivity index (χ1) is 15.5. The first-order valence-electron chi connectivity index (χ1n) is 11.3. The van der Waals surface area contributed by atoms with E-state index < -0.39 is 10.2 Å². The molecule has 2 heterocycles. The first kappa shape index (κ1) is 22.1. The number of carbonyl (C=O) groups excluding carboxylic acids is 1. The van der Waals surface area contributed by atoms with Gasteiger partial charge in [0.25, 0.3) is 10.2 Å². The van der Waals surface area contributed by atoms with Crippen molar-refractivity contribution in [3.8, 4) is 0 Å². The van der Waals surface area contributed by atoms with E-state index in [1.165, 1.54) is 9.87 Å². The molecule has 2 aromatic carbocycles. The van der Waals surface area contributed by atoms with Crippen molar-refractivity contribution in [1.82, 2.24) is 13.6 Å². The zero-order valence-electron chi connectivity index (χ0n) is 19.5. The van der Waals surface area contributed by atoms with Crippen LogP contribution in [0, 0.1) is 0 Å². The van der Waals surface area contributed by atoms with Crippen LogP contribution in [0.15, 0.2) is 36.4 Å². The van der Waals surface area contributed by atoms with Gasteiger partial charge in [0.2, 0.25) is 0 Å². The van der Waals surface area contributed by atoms with E-state index in [-0.39, 0.29) is 17.1 Å². The number of nitrogen functional groups attached to an aromatic ring is 1. The van der Waals surface area contributed by atoms with E-state index >= 15 is 0 Å². The average molecular weight is 467 g/mol. The second-order valence-electron chi connectivity index (χ2n) is 9.90. The number of aromatic nitrogens is 1. The minimum Gasteiger partial charge on any atom is -0.399 e. The summed E-state index contributed by atoms with van der Waals surface area (Å²) in [5, 5.41) is 0.904. The molecule has 3 aromatic rings. The minimum absolute atomic E-state index is 0.0359. The highest BCUT2D eigenvalue weighted by atomic mass is 32.2. The Labute approximate surface area is 194 Å². The number of fused-ring (bicyclic) bond motifs is 4. The summed E-state index contributed by atoms with van der Waals surface area (Å²) in [5.41, 5.74) is 11.7. The number of hydrogen-bond acceptors (Lipinski definition) is 4. The number of nitrogens with two attached hydrogens (primary N) is 1. The van der Waals surface area contributed by atoms with Crippen LogP contribution < -0.4 is 5.73 Å². The molecule has 5 rings (SSSR count). The molecule has 1 aromatic heterocycles. The number of piperidine rings is 1. The summed E-state index contributed by atoms with van der Waals surface area (Å²) in [4.78, 5) is 17.0. The smallest absolute Gasteiger partial charge is 0.281 e. The summed E-state index contributed by atoms with van der Waals surface area (Å²) in [5.74, 6) is 0.299. The molecular formula is C25H30N4O3S. The van der Waals surface area contributed by atoms with Crippen LogP contribution in [0.5, 0.6) is 0 Å². The maximum Gasteiger partial charge on any atom is 0.281 e. The Bertz CT molecular complexity index is 1380. The van der Waals surface area contributed by atoms with E-state index in [1.54, 1.807) is 18.4 Å². The second kappa shape index (κ2) is 7.41. The van der Waals surface area contributed by atoms with Gasteiger partial charge in [-0.25, -0.2) is 0 Å². The van der Waals surface area contributed by atoms with Crippen LogP contribution in [0.25, 0.3) is 10.9 Å². The number of carbonyl (C=O) groups is 1. The predicted octanol–water partition coefficient (Wildman–Crippen LogP) is 3.61. The number of aromatic amines is 1. The fourth-order valence-electron chi connectivity index (χ4n) is 5.37. The summed E-state index contributed by atoms with van der Waals surface area (Å²) in [7, 11) is -0.254. The Morgan fingerprint density at radius 2 is 1.79 bits per heavy atom. The molecule has 3 N–H and O–H groups in total. The molecule has 0 atom stereocenters. The number of nitrogens with zero attached hydrogens (tertiary/aromatic N) is 2. The third-order valence-electron chi connectivity index (χ3n) is 7.35. The van der Waals surface area contributed by atoms with E-state index in [4.69, 9.17) is 5.73 Å². The highest BCUT2D eigenvalue weighted by molar-refractivity contribution is 7.86. The summed E-state index contributed by atoms with van der Waals surface area (Å²) in [6.07, 6.45) is 1.52. The molecule has 1 fully saturated rings. The van der Waals surface area contributed by atoms with Crippen molar-refractivity contribution in [3.63, 3.8) is 0 Å². The lowest BCUT2D eigenvalue weighted by atomic mass is 9.70. The Kier molecular flexibility index (Phi) is 4.97. The van der Waals surface area contributed by atoms with Crippen molar-refractivity contribution < 1.29 is 13.2 Å². The van der Waals surface area contributed by atoms with E-state index in [0.717, 1.165) is 46.1 Å². The third-order valence-corrected chi connectivity index (χ3v) is 9.29.